The summed E-state index contributed by atoms with van der Waals surface area (Å²) in [5.41, 5.74) is 1.15. The van der Waals surface area contributed by atoms with E-state index in [9.17, 15) is 9.90 Å². The third-order valence-electron chi connectivity index (χ3n) is 2.97. The molecule has 0 amide bonds. The van der Waals surface area contributed by atoms with Crippen molar-refractivity contribution < 1.29 is 19.4 Å². The van der Waals surface area contributed by atoms with E-state index in [0.717, 1.165) is 12.0 Å². The van der Waals surface area contributed by atoms with Crippen LogP contribution in [0, 0.1) is 0 Å². The average Bonchev–Trinajstić information content (AvgIpc) is 2.40. The summed E-state index contributed by atoms with van der Waals surface area (Å²) in [6.45, 7) is 0. The van der Waals surface area contributed by atoms with E-state index in [-0.39, 0.29) is 5.76 Å². The number of methoxy groups -OCH3 is 1. The first kappa shape index (κ1) is 12.6. The number of aliphatic hydroxyl groups excluding tert-OH is 1. The molecule has 0 spiro atoms. The maximum Gasteiger partial charge on any atom is 0.334 e. The molecular formula is C14H16O4. The fraction of sp³-hybridized carbons (Fsp3) is 0.357. The summed E-state index contributed by atoms with van der Waals surface area (Å²) >= 11 is 0. The molecule has 4 nitrogen and oxygen atoms in total. The lowest BCUT2D eigenvalue weighted by atomic mass is 10.0. The molecule has 18 heavy (non-hydrogen) atoms. The highest BCUT2D eigenvalue weighted by Gasteiger charge is 2.31. The Kier molecular flexibility index (Phi) is 3.99. The van der Waals surface area contributed by atoms with Crippen molar-refractivity contribution in [1.82, 2.24) is 0 Å². The van der Waals surface area contributed by atoms with Crippen LogP contribution >= 0.6 is 0 Å². The Balaban J connectivity index is 1.98. The number of hydrogen-bond acceptors (Lipinski definition) is 4. The molecule has 0 aliphatic carbocycles. The summed E-state index contributed by atoms with van der Waals surface area (Å²) in [4.78, 5) is 11.3. The summed E-state index contributed by atoms with van der Waals surface area (Å²) < 4.78 is 10.1. The van der Waals surface area contributed by atoms with E-state index in [1.807, 2.05) is 30.3 Å². The van der Waals surface area contributed by atoms with Crippen LogP contribution in [0.1, 0.15) is 12.0 Å². The Hall–Kier alpha value is -1.81. The monoisotopic (exact) mass is 248 g/mol. The van der Waals surface area contributed by atoms with Crippen molar-refractivity contribution >= 4 is 5.97 Å². The second kappa shape index (κ2) is 5.69. The molecule has 0 radical (unpaired) electrons. The van der Waals surface area contributed by atoms with E-state index in [1.165, 1.54) is 13.2 Å². The fourth-order valence-electron chi connectivity index (χ4n) is 1.98. The third-order valence-corrected chi connectivity index (χ3v) is 2.97. The lowest BCUT2D eigenvalue weighted by Crippen LogP contribution is -2.37. The summed E-state index contributed by atoms with van der Waals surface area (Å²) in [5.74, 6) is -0.195. The lowest BCUT2D eigenvalue weighted by Gasteiger charge is -2.27. The van der Waals surface area contributed by atoms with Gasteiger partial charge in [0.2, 0.25) is 0 Å². The van der Waals surface area contributed by atoms with E-state index < -0.39 is 18.2 Å². The minimum Gasteiger partial charge on any atom is -0.498 e. The number of aliphatic hydroxyl groups is 1. The van der Waals surface area contributed by atoms with Gasteiger partial charge in [0.15, 0.2) is 0 Å². The van der Waals surface area contributed by atoms with Gasteiger partial charge in [-0.15, -0.1) is 0 Å². The predicted molar refractivity (Wildman–Crippen MR) is 65.7 cm³/mol. The highest BCUT2D eigenvalue weighted by Crippen LogP contribution is 2.21. The van der Waals surface area contributed by atoms with Crippen LogP contribution in [0.25, 0.3) is 0 Å². The highest BCUT2D eigenvalue weighted by molar-refractivity contribution is 5.83. The van der Waals surface area contributed by atoms with E-state index in [0.29, 0.717) is 6.42 Å². The molecule has 0 unspecified atom stereocenters. The van der Waals surface area contributed by atoms with Gasteiger partial charge in [-0.2, -0.15) is 0 Å². The molecule has 2 atom stereocenters. The normalized spacial score (nSPS) is 23.2. The number of ether oxygens (including phenoxy) is 2. The first-order chi connectivity index (χ1) is 8.70. The van der Waals surface area contributed by atoms with Crippen molar-refractivity contribution in [3.05, 3.63) is 47.7 Å². The predicted octanol–water partition coefficient (Wildman–Crippen LogP) is 1.44. The molecule has 1 aromatic rings. The van der Waals surface area contributed by atoms with E-state index >= 15 is 0 Å². The van der Waals surface area contributed by atoms with Crippen LogP contribution in [0.3, 0.4) is 0 Å². The van der Waals surface area contributed by atoms with Crippen molar-refractivity contribution in [3.8, 4) is 0 Å². The molecule has 0 saturated carbocycles. The minimum absolute atomic E-state index is 0.268. The zero-order valence-electron chi connectivity index (χ0n) is 10.2. The second-order valence-corrected chi connectivity index (χ2v) is 4.20. The Labute approximate surface area is 106 Å². The van der Waals surface area contributed by atoms with Gasteiger partial charge in [0.05, 0.1) is 13.2 Å². The number of hydrogen-bond donors (Lipinski definition) is 1. The lowest BCUT2D eigenvalue weighted by molar-refractivity contribution is -0.153. The molecule has 0 saturated heterocycles. The zero-order valence-corrected chi connectivity index (χ0v) is 10.2. The van der Waals surface area contributed by atoms with Gasteiger partial charge in [0, 0.05) is 0 Å². The van der Waals surface area contributed by atoms with E-state index in [4.69, 9.17) is 9.47 Å². The maximum absolute atomic E-state index is 11.3. The number of benzene rings is 1. The Morgan fingerprint density at radius 1 is 1.33 bits per heavy atom. The molecule has 1 N–H and O–H groups in total. The minimum atomic E-state index is -0.878. The van der Waals surface area contributed by atoms with Gasteiger partial charge in [-0.1, -0.05) is 30.3 Å². The molecule has 2 rings (SSSR count). The van der Waals surface area contributed by atoms with Crippen LogP contribution in [0.4, 0.5) is 0 Å². The van der Waals surface area contributed by atoms with Gasteiger partial charge in [-0.25, -0.2) is 4.79 Å². The van der Waals surface area contributed by atoms with Gasteiger partial charge >= 0.3 is 5.97 Å². The van der Waals surface area contributed by atoms with Crippen LogP contribution in [0.2, 0.25) is 0 Å². The molecule has 1 aliphatic rings. The Morgan fingerprint density at radius 3 is 2.72 bits per heavy atom. The van der Waals surface area contributed by atoms with Gasteiger partial charge in [0.1, 0.15) is 18.0 Å². The topological polar surface area (TPSA) is 55.8 Å². The van der Waals surface area contributed by atoms with Crippen molar-refractivity contribution in [1.29, 1.82) is 0 Å². The smallest absolute Gasteiger partial charge is 0.334 e. The quantitative estimate of drug-likeness (QED) is 0.819. The molecule has 0 aromatic heterocycles. The van der Waals surface area contributed by atoms with Crippen LogP contribution in [-0.4, -0.2) is 30.4 Å². The van der Waals surface area contributed by atoms with Crippen molar-refractivity contribution in [2.45, 2.75) is 25.0 Å². The summed E-state index contributed by atoms with van der Waals surface area (Å²) in [7, 11) is 1.43. The average molecular weight is 248 g/mol. The number of rotatable bonds is 4. The number of esters is 1. The highest BCUT2D eigenvalue weighted by atomic mass is 16.6. The van der Waals surface area contributed by atoms with Crippen molar-refractivity contribution in [2.24, 2.45) is 0 Å². The summed E-state index contributed by atoms with van der Waals surface area (Å²) in [6, 6.07) is 9.87. The number of cyclic esters (lactones) is 1. The van der Waals surface area contributed by atoms with Gasteiger partial charge < -0.3 is 14.6 Å². The first-order valence-electron chi connectivity index (χ1n) is 5.89. The van der Waals surface area contributed by atoms with E-state index in [1.54, 1.807) is 0 Å². The largest absolute Gasteiger partial charge is 0.498 e. The standard InChI is InChI=1S/C14H16O4/c1-17-12-9-13(15)18-11(14(12)16)8-7-10-5-3-2-4-6-10/h2-6,9,11,14,16H,7-8H2,1H3/t11-,14-/m0/s1. The Bertz CT molecular complexity index is 438. The molecule has 1 aliphatic heterocycles. The number of carbonyl (C=O) groups is 1. The molecule has 1 aromatic carbocycles. The fourth-order valence-corrected chi connectivity index (χ4v) is 1.98. The molecule has 96 valence electrons. The zero-order chi connectivity index (χ0) is 13.0. The Morgan fingerprint density at radius 2 is 2.06 bits per heavy atom. The first-order valence-corrected chi connectivity index (χ1v) is 5.89. The van der Waals surface area contributed by atoms with Gasteiger partial charge in [-0.05, 0) is 18.4 Å². The van der Waals surface area contributed by atoms with Gasteiger partial charge in [0.25, 0.3) is 0 Å². The van der Waals surface area contributed by atoms with Crippen molar-refractivity contribution in [3.63, 3.8) is 0 Å². The number of aryl methyl sites for hydroxylation is 1. The van der Waals surface area contributed by atoms with E-state index in [2.05, 4.69) is 0 Å². The molecule has 4 heteroatoms. The van der Waals surface area contributed by atoms with Gasteiger partial charge in [-0.3, -0.25) is 0 Å². The van der Waals surface area contributed by atoms with Crippen LogP contribution in [0.15, 0.2) is 42.2 Å². The summed E-state index contributed by atoms with van der Waals surface area (Å²) in [5, 5.41) is 9.95. The molecule has 0 bridgehead atoms. The number of carbonyl (C=O) groups excluding carboxylic acids is 1. The SMILES string of the molecule is COC1=CC(=O)O[C@@H](CCc2ccccc2)[C@@H]1O. The van der Waals surface area contributed by atoms with Crippen LogP contribution in [-0.2, 0) is 20.7 Å². The molecular weight excluding hydrogens is 232 g/mol. The third kappa shape index (κ3) is 2.90. The molecule has 0 fully saturated rings. The van der Waals surface area contributed by atoms with Crippen LogP contribution < -0.4 is 0 Å². The summed E-state index contributed by atoms with van der Waals surface area (Å²) in [6.07, 6.45) is 1.07. The van der Waals surface area contributed by atoms with Crippen molar-refractivity contribution in [2.75, 3.05) is 7.11 Å². The second-order valence-electron chi connectivity index (χ2n) is 4.20. The molecule has 1 heterocycles. The maximum atomic E-state index is 11.3. The van der Waals surface area contributed by atoms with Crippen LogP contribution in [0.5, 0.6) is 0 Å².